The number of amides is 1. The number of carbonyl (C=O) groups is 1. The lowest BCUT2D eigenvalue weighted by Crippen LogP contribution is -2.39. The van der Waals surface area contributed by atoms with Crippen LogP contribution in [-0.2, 0) is 11.8 Å². The first-order valence-corrected chi connectivity index (χ1v) is 7.41. The summed E-state index contributed by atoms with van der Waals surface area (Å²) >= 11 is 0. The van der Waals surface area contributed by atoms with Gasteiger partial charge in [-0.2, -0.15) is 5.10 Å². The molecule has 0 radical (unpaired) electrons. The third-order valence-corrected chi connectivity index (χ3v) is 4.58. The maximum Gasteiger partial charge on any atom is 0.269 e. The van der Waals surface area contributed by atoms with Gasteiger partial charge < -0.3 is 10.1 Å². The van der Waals surface area contributed by atoms with Crippen LogP contribution in [0.4, 0.5) is 0 Å². The minimum atomic E-state index is -0.0294. The Kier molecular flexibility index (Phi) is 3.32. The highest BCUT2D eigenvalue weighted by Crippen LogP contribution is 2.41. The van der Waals surface area contributed by atoms with Crippen molar-refractivity contribution in [3.63, 3.8) is 0 Å². The van der Waals surface area contributed by atoms with Crippen molar-refractivity contribution >= 4 is 5.91 Å². The molecule has 2 fully saturated rings. The lowest BCUT2D eigenvalue weighted by molar-refractivity contribution is 0.0594. The van der Waals surface area contributed by atoms with Gasteiger partial charge in [-0.15, -0.1) is 0 Å². The molecule has 0 bridgehead atoms. The Morgan fingerprint density at radius 2 is 2.30 bits per heavy atom. The lowest BCUT2D eigenvalue weighted by atomic mass is 9.85. The van der Waals surface area contributed by atoms with Gasteiger partial charge in [0.25, 0.3) is 5.91 Å². The summed E-state index contributed by atoms with van der Waals surface area (Å²) in [4.78, 5) is 12.4. The maximum atomic E-state index is 12.4. The first-order valence-electron chi connectivity index (χ1n) is 7.41. The minimum absolute atomic E-state index is 0.0294. The van der Waals surface area contributed by atoms with Crippen molar-refractivity contribution in [2.24, 2.45) is 12.5 Å². The molecule has 3 rings (SSSR count). The minimum Gasteiger partial charge on any atom is -0.376 e. The summed E-state index contributed by atoms with van der Waals surface area (Å²) in [5.41, 5.74) is 1.94. The van der Waals surface area contributed by atoms with Crippen LogP contribution in [0.1, 0.15) is 55.1 Å². The molecular weight excluding hydrogens is 254 g/mol. The largest absolute Gasteiger partial charge is 0.376 e. The van der Waals surface area contributed by atoms with E-state index in [4.69, 9.17) is 4.74 Å². The zero-order valence-electron chi connectivity index (χ0n) is 12.5. The fourth-order valence-corrected chi connectivity index (χ4v) is 2.88. The summed E-state index contributed by atoms with van der Waals surface area (Å²) in [7, 11) is 1.83. The lowest BCUT2D eigenvalue weighted by Gasteiger charge is -2.25. The second-order valence-corrected chi connectivity index (χ2v) is 6.65. The third-order valence-electron chi connectivity index (χ3n) is 4.58. The molecule has 1 amide bonds. The Balaban J connectivity index is 1.66. The predicted molar refractivity (Wildman–Crippen MR) is 75.7 cm³/mol. The fourth-order valence-electron chi connectivity index (χ4n) is 2.88. The Hall–Kier alpha value is -1.36. The highest BCUT2D eigenvalue weighted by atomic mass is 16.5. The first-order chi connectivity index (χ1) is 9.49. The molecule has 5 nitrogen and oxygen atoms in total. The summed E-state index contributed by atoms with van der Waals surface area (Å²) in [5, 5.41) is 7.25. The summed E-state index contributed by atoms with van der Waals surface area (Å²) in [6, 6.07) is 0. The molecule has 20 heavy (non-hydrogen) atoms. The third kappa shape index (κ3) is 2.46. The van der Waals surface area contributed by atoms with Crippen LogP contribution in [0.2, 0.25) is 0 Å². The standard InChI is InChI=1S/C15H23N3O2/c1-15(2)6-7-20-12(15)9-16-14(19)13-11(10-4-5-10)8-17-18(13)3/h8,10,12H,4-7,9H2,1-3H3,(H,16,19). The van der Waals surface area contributed by atoms with Gasteiger partial charge in [0.2, 0.25) is 0 Å². The van der Waals surface area contributed by atoms with Crippen LogP contribution in [0.25, 0.3) is 0 Å². The van der Waals surface area contributed by atoms with Crippen LogP contribution >= 0.6 is 0 Å². The number of aromatic nitrogens is 2. The zero-order valence-corrected chi connectivity index (χ0v) is 12.5. The molecule has 1 aliphatic carbocycles. The SMILES string of the molecule is Cn1ncc(C2CC2)c1C(=O)NCC1OCCC1(C)C. The van der Waals surface area contributed by atoms with Gasteiger partial charge in [0, 0.05) is 25.8 Å². The van der Waals surface area contributed by atoms with Crippen molar-refractivity contribution in [1.82, 2.24) is 15.1 Å². The number of carbonyl (C=O) groups excluding carboxylic acids is 1. The molecular formula is C15H23N3O2. The highest BCUT2D eigenvalue weighted by molar-refractivity contribution is 5.94. The molecule has 0 aromatic carbocycles. The number of ether oxygens (including phenoxy) is 1. The molecule has 110 valence electrons. The average Bonchev–Trinajstić information content (AvgIpc) is 3.07. The van der Waals surface area contributed by atoms with Crippen molar-refractivity contribution in [3.8, 4) is 0 Å². The molecule has 1 unspecified atom stereocenters. The smallest absolute Gasteiger partial charge is 0.269 e. The first kappa shape index (κ1) is 13.6. The zero-order chi connectivity index (χ0) is 14.3. The Morgan fingerprint density at radius 1 is 1.55 bits per heavy atom. The van der Waals surface area contributed by atoms with Gasteiger partial charge >= 0.3 is 0 Å². The second kappa shape index (κ2) is 4.88. The van der Waals surface area contributed by atoms with Gasteiger partial charge in [-0.05, 0) is 30.6 Å². The quantitative estimate of drug-likeness (QED) is 0.913. The molecule has 1 aromatic rings. The van der Waals surface area contributed by atoms with Gasteiger partial charge in [-0.3, -0.25) is 9.48 Å². The molecule has 1 aromatic heterocycles. The Morgan fingerprint density at radius 3 is 2.90 bits per heavy atom. The molecule has 1 saturated carbocycles. The molecule has 0 spiro atoms. The Bertz CT molecular complexity index is 517. The van der Waals surface area contributed by atoms with E-state index in [2.05, 4.69) is 24.3 Å². The number of nitrogens with zero attached hydrogens (tertiary/aromatic N) is 2. The number of aryl methyl sites for hydroxylation is 1. The van der Waals surface area contributed by atoms with E-state index in [1.54, 1.807) is 4.68 Å². The highest BCUT2D eigenvalue weighted by Gasteiger charge is 2.36. The van der Waals surface area contributed by atoms with Gasteiger partial charge in [-0.25, -0.2) is 0 Å². The maximum absolute atomic E-state index is 12.4. The second-order valence-electron chi connectivity index (χ2n) is 6.65. The predicted octanol–water partition coefficient (Wildman–Crippen LogP) is 1.84. The molecule has 2 heterocycles. The van der Waals surface area contributed by atoms with Gasteiger partial charge in [0.05, 0.1) is 12.3 Å². The fraction of sp³-hybridized carbons (Fsp3) is 0.733. The van der Waals surface area contributed by atoms with E-state index in [-0.39, 0.29) is 17.4 Å². The van der Waals surface area contributed by atoms with E-state index >= 15 is 0 Å². The van der Waals surface area contributed by atoms with Crippen LogP contribution in [-0.4, -0.2) is 34.9 Å². The van der Waals surface area contributed by atoms with Crippen LogP contribution in [0, 0.1) is 5.41 Å². The molecule has 1 atom stereocenters. The van der Waals surface area contributed by atoms with Crippen LogP contribution in [0.5, 0.6) is 0 Å². The monoisotopic (exact) mass is 277 g/mol. The number of hydrogen-bond donors (Lipinski definition) is 1. The van der Waals surface area contributed by atoms with E-state index in [0.29, 0.717) is 18.2 Å². The van der Waals surface area contributed by atoms with Crippen molar-refractivity contribution < 1.29 is 9.53 Å². The molecule has 1 saturated heterocycles. The molecule has 2 aliphatic rings. The van der Waals surface area contributed by atoms with E-state index in [0.717, 1.165) is 18.6 Å². The van der Waals surface area contributed by atoms with E-state index in [1.165, 1.54) is 12.8 Å². The van der Waals surface area contributed by atoms with E-state index < -0.39 is 0 Å². The van der Waals surface area contributed by atoms with Crippen LogP contribution in [0.3, 0.4) is 0 Å². The average molecular weight is 277 g/mol. The number of hydrogen-bond acceptors (Lipinski definition) is 3. The van der Waals surface area contributed by atoms with Crippen molar-refractivity contribution in [3.05, 3.63) is 17.5 Å². The van der Waals surface area contributed by atoms with Crippen molar-refractivity contribution in [2.75, 3.05) is 13.2 Å². The Labute approximate surface area is 119 Å². The molecule has 5 heteroatoms. The normalized spacial score (nSPS) is 24.9. The van der Waals surface area contributed by atoms with Crippen molar-refractivity contribution in [2.45, 2.75) is 45.1 Å². The van der Waals surface area contributed by atoms with E-state index in [9.17, 15) is 4.79 Å². The van der Waals surface area contributed by atoms with E-state index in [1.807, 2.05) is 13.2 Å². The van der Waals surface area contributed by atoms with Gasteiger partial charge in [0.15, 0.2) is 0 Å². The van der Waals surface area contributed by atoms with Gasteiger partial charge in [0.1, 0.15) is 5.69 Å². The molecule has 1 aliphatic heterocycles. The number of nitrogens with one attached hydrogen (secondary N) is 1. The summed E-state index contributed by atoms with van der Waals surface area (Å²) in [5.74, 6) is 0.502. The molecule has 1 N–H and O–H groups in total. The van der Waals surface area contributed by atoms with Crippen LogP contribution in [0.15, 0.2) is 6.20 Å². The van der Waals surface area contributed by atoms with Crippen molar-refractivity contribution in [1.29, 1.82) is 0 Å². The summed E-state index contributed by atoms with van der Waals surface area (Å²) in [6.07, 6.45) is 5.33. The summed E-state index contributed by atoms with van der Waals surface area (Å²) < 4.78 is 7.40. The summed E-state index contributed by atoms with van der Waals surface area (Å²) in [6.45, 7) is 5.74. The van der Waals surface area contributed by atoms with Gasteiger partial charge in [-0.1, -0.05) is 13.8 Å². The topological polar surface area (TPSA) is 56.2 Å². The number of rotatable bonds is 4. The van der Waals surface area contributed by atoms with Crippen LogP contribution < -0.4 is 5.32 Å².